The van der Waals surface area contributed by atoms with E-state index in [0.29, 0.717) is 15.3 Å². The zero-order chi connectivity index (χ0) is 22.9. The number of anilines is 2. The van der Waals surface area contributed by atoms with Gasteiger partial charge in [-0.1, -0.05) is 29.5 Å². The summed E-state index contributed by atoms with van der Waals surface area (Å²) in [6.45, 7) is 4.26. The normalized spacial score (nSPS) is 14.4. The average Bonchev–Trinajstić information content (AvgIpc) is 3.10. The fourth-order valence-corrected chi connectivity index (χ4v) is 4.80. The minimum atomic E-state index is -4.76. The predicted molar refractivity (Wildman–Crippen MR) is 120 cm³/mol. The first kappa shape index (κ1) is 22.4. The Kier molecular flexibility index (Phi) is 6.28. The van der Waals surface area contributed by atoms with Crippen molar-refractivity contribution in [3.05, 3.63) is 48.5 Å². The quantitative estimate of drug-likeness (QED) is 0.431. The molecule has 1 aliphatic rings. The Morgan fingerprint density at radius 2 is 1.91 bits per heavy atom. The van der Waals surface area contributed by atoms with Crippen molar-refractivity contribution in [1.29, 1.82) is 0 Å². The largest absolute Gasteiger partial charge is 0.573 e. The van der Waals surface area contributed by atoms with E-state index in [-0.39, 0.29) is 30.3 Å². The van der Waals surface area contributed by atoms with Crippen LogP contribution in [0.15, 0.2) is 48.5 Å². The summed E-state index contributed by atoms with van der Waals surface area (Å²) in [6.07, 6.45) is -1.95. The molecule has 1 saturated carbocycles. The summed E-state index contributed by atoms with van der Waals surface area (Å²) in [5.74, 6) is -0.366. The van der Waals surface area contributed by atoms with E-state index in [1.54, 1.807) is 4.90 Å². The Morgan fingerprint density at radius 1 is 1.19 bits per heavy atom. The molecule has 0 N–H and O–H groups in total. The molecule has 4 rings (SSSR count). The summed E-state index contributed by atoms with van der Waals surface area (Å²) in [6, 6.07) is 14.0. The van der Waals surface area contributed by atoms with E-state index in [9.17, 15) is 18.0 Å². The highest BCUT2D eigenvalue weighted by Gasteiger charge is 2.34. The van der Waals surface area contributed by atoms with Crippen molar-refractivity contribution in [3.63, 3.8) is 0 Å². The first-order valence-electron chi connectivity index (χ1n) is 10.5. The van der Waals surface area contributed by atoms with Crippen molar-refractivity contribution in [2.45, 2.75) is 51.6 Å². The van der Waals surface area contributed by atoms with Crippen LogP contribution in [-0.4, -0.2) is 35.9 Å². The van der Waals surface area contributed by atoms with Crippen molar-refractivity contribution in [2.75, 3.05) is 16.3 Å². The maximum atomic E-state index is 13.5. The van der Waals surface area contributed by atoms with Gasteiger partial charge in [0.2, 0.25) is 5.91 Å². The number of hydrogen-bond acceptors (Lipinski definition) is 5. The fraction of sp³-hybridized carbons (Fsp3) is 0.391. The topological polar surface area (TPSA) is 45.7 Å². The molecule has 0 unspecified atom stereocenters. The molecular weight excluding hydrogens is 439 g/mol. The van der Waals surface area contributed by atoms with Gasteiger partial charge in [-0.2, -0.15) is 0 Å². The number of fused-ring (bicyclic) bond motifs is 1. The minimum absolute atomic E-state index is 0.0544. The molecule has 1 aromatic heterocycles. The van der Waals surface area contributed by atoms with E-state index >= 15 is 0 Å². The highest BCUT2D eigenvalue weighted by Crippen LogP contribution is 2.37. The van der Waals surface area contributed by atoms with Gasteiger partial charge in [0.25, 0.3) is 0 Å². The summed E-state index contributed by atoms with van der Waals surface area (Å²) in [5.41, 5.74) is 1.50. The molecule has 0 saturated heterocycles. The molecule has 3 aromatic rings. The maximum Gasteiger partial charge on any atom is 0.573 e. The van der Waals surface area contributed by atoms with Gasteiger partial charge in [-0.3, -0.25) is 9.69 Å². The van der Waals surface area contributed by atoms with Gasteiger partial charge in [0.05, 0.1) is 16.8 Å². The third-order valence-electron chi connectivity index (χ3n) is 5.51. The third kappa shape index (κ3) is 4.98. The SMILES string of the molecule is CC(C)N(CC(=O)N(c1nc2ccc(OC(F)(F)F)cc2s1)C1CCC1)c1ccccc1. The Hall–Kier alpha value is -2.81. The molecule has 1 aliphatic carbocycles. The number of carbonyl (C=O) groups is 1. The number of hydrogen-bond donors (Lipinski definition) is 0. The second-order valence-electron chi connectivity index (χ2n) is 8.08. The zero-order valence-electron chi connectivity index (χ0n) is 17.8. The van der Waals surface area contributed by atoms with Crippen LogP contribution in [-0.2, 0) is 4.79 Å². The molecule has 170 valence electrons. The van der Waals surface area contributed by atoms with Crippen LogP contribution in [0.2, 0.25) is 0 Å². The highest BCUT2D eigenvalue weighted by atomic mass is 32.1. The second-order valence-corrected chi connectivity index (χ2v) is 9.09. The number of thiazole rings is 1. The summed E-state index contributed by atoms with van der Waals surface area (Å²) in [7, 11) is 0. The fourth-order valence-electron chi connectivity index (χ4n) is 3.72. The first-order chi connectivity index (χ1) is 15.2. The predicted octanol–water partition coefficient (Wildman–Crippen LogP) is 6.00. The van der Waals surface area contributed by atoms with E-state index in [1.165, 1.54) is 29.5 Å². The second kappa shape index (κ2) is 8.97. The monoisotopic (exact) mass is 463 g/mol. The van der Waals surface area contributed by atoms with Gasteiger partial charge in [-0.05, 0) is 57.4 Å². The number of para-hydroxylation sites is 1. The van der Waals surface area contributed by atoms with E-state index in [1.807, 2.05) is 49.1 Å². The molecular formula is C23H24F3N3O2S. The number of aromatic nitrogens is 1. The van der Waals surface area contributed by atoms with Crippen LogP contribution < -0.4 is 14.5 Å². The lowest BCUT2D eigenvalue weighted by Crippen LogP contribution is -2.50. The third-order valence-corrected chi connectivity index (χ3v) is 6.53. The Bertz CT molecular complexity index is 1080. The van der Waals surface area contributed by atoms with Crippen LogP contribution in [0.5, 0.6) is 5.75 Å². The molecule has 0 bridgehead atoms. The standard InChI is InChI=1S/C23H24F3N3O2S/c1-15(2)28(16-7-4-3-5-8-16)14-21(30)29(17-9-6-10-17)22-27-19-12-11-18(13-20(19)32-22)31-23(24,25)26/h3-5,7-8,11-13,15,17H,6,9-10,14H2,1-2H3. The Balaban J connectivity index is 1.62. The van der Waals surface area contributed by atoms with Gasteiger partial charge < -0.3 is 9.64 Å². The number of alkyl halides is 3. The molecule has 1 fully saturated rings. The smallest absolute Gasteiger partial charge is 0.406 e. The van der Waals surface area contributed by atoms with Crippen molar-refractivity contribution < 1.29 is 22.7 Å². The lowest BCUT2D eigenvalue weighted by Gasteiger charge is -2.38. The first-order valence-corrected chi connectivity index (χ1v) is 11.3. The Morgan fingerprint density at radius 3 is 2.50 bits per heavy atom. The van der Waals surface area contributed by atoms with E-state index in [0.717, 1.165) is 24.9 Å². The number of rotatable bonds is 7. The van der Waals surface area contributed by atoms with Gasteiger partial charge in [-0.15, -0.1) is 13.2 Å². The van der Waals surface area contributed by atoms with Crippen molar-refractivity contribution in [3.8, 4) is 5.75 Å². The van der Waals surface area contributed by atoms with Crippen molar-refractivity contribution in [1.82, 2.24) is 4.98 Å². The summed E-state index contributed by atoms with van der Waals surface area (Å²) in [5, 5.41) is 0.510. The van der Waals surface area contributed by atoms with E-state index < -0.39 is 6.36 Å². The molecule has 5 nitrogen and oxygen atoms in total. The molecule has 32 heavy (non-hydrogen) atoms. The van der Waals surface area contributed by atoms with Gasteiger partial charge >= 0.3 is 6.36 Å². The minimum Gasteiger partial charge on any atom is -0.406 e. The molecule has 1 amide bonds. The van der Waals surface area contributed by atoms with Crippen molar-refractivity contribution >= 4 is 38.3 Å². The number of amides is 1. The van der Waals surface area contributed by atoms with Gasteiger partial charge in [0.1, 0.15) is 5.75 Å². The number of halogens is 3. The molecule has 0 aliphatic heterocycles. The highest BCUT2D eigenvalue weighted by molar-refractivity contribution is 7.22. The summed E-state index contributed by atoms with van der Waals surface area (Å²) < 4.78 is 42.3. The van der Waals surface area contributed by atoms with Gasteiger partial charge in [0, 0.05) is 23.8 Å². The molecule has 0 radical (unpaired) electrons. The molecule has 9 heteroatoms. The zero-order valence-corrected chi connectivity index (χ0v) is 18.6. The molecule has 0 spiro atoms. The van der Waals surface area contributed by atoms with Gasteiger partial charge in [-0.25, -0.2) is 4.98 Å². The lowest BCUT2D eigenvalue weighted by molar-refractivity contribution is -0.274. The Labute approximate surface area is 188 Å². The van der Waals surface area contributed by atoms with Crippen LogP contribution in [0.3, 0.4) is 0 Å². The van der Waals surface area contributed by atoms with Gasteiger partial charge in [0.15, 0.2) is 5.13 Å². The van der Waals surface area contributed by atoms with Crippen LogP contribution >= 0.6 is 11.3 Å². The number of nitrogens with zero attached hydrogens (tertiary/aromatic N) is 3. The number of benzene rings is 2. The average molecular weight is 464 g/mol. The van der Waals surface area contributed by atoms with E-state index in [2.05, 4.69) is 9.72 Å². The van der Waals surface area contributed by atoms with Crippen LogP contribution in [0, 0.1) is 0 Å². The van der Waals surface area contributed by atoms with Crippen molar-refractivity contribution in [2.24, 2.45) is 0 Å². The number of carbonyl (C=O) groups excluding carboxylic acids is 1. The van der Waals surface area contributed by atoms with E-state index in [4.69, 9.17) is 0 Å². The lowest BCUT2D eigenvalue weighted by atomic mass is 9.91. The molecule has 1 heterocycles. The molecule has 2 aromatic carbocycles. The maximum absolute atomic E-state index is 13.5. The summed E-state index contributed by atoms with van der Waals surface area (Å²) >= 11 is 1.21. The van der Waals surface area contributed by atoms with Crippen LogP contribution in [0.4, 0.5) is 24.0 Å². The van der Waals surface area contributed by atoms with Crippen LogP contribution in [0.1, 0.15) is 33.1 Å². The molecule has 0 atom stereocenters. The van der Waals surface area contributed by atoms with Crippen LogP contribution in [0.25, 0.3) is 10.2 Å². The number of ether oxygens (including phenoxy) is 1. The summed E-state index contributed by atoms with van der Waals surface area (Å²) in [4.78, 5) is 21.8.